The smallest absolute Gasteiger partial charge is 0.270 e. The van der Waals surface area contributed by atoms with Gasteiger partial charge in [-0.15, -0.1) is 11.3 Å². The van der Waals surface area contributed by atoms with Gasteiger partial charge >= 0.3 is 0 Å². The molecule has 7 nitrogen and oxygen atoms in total. The summed E-state index contributed by atoms with van der Waals surface area (Å²) < 4.78 is 1.68. The van der Waals surface area contributed by atoms with Crippen molar-refractivity contribution in [3.8, 4) is 0 Å². The molecular weight excluding hydrogens is 348 g/mol. The number of hydrogen-bond acceptors (Lipinski definition) is 6. The van der Waals surface area contributed by atoms with Crippen LogP contribution in [0.5, 0.6) is 0 Å². The maximum Gasteiger partial charge on any atom is 0.270 e. The molecule has 1 aliphatic rings. The molecule has 3 heterocycles. The van der Waals surface area contributed by atoms with Gasteiger partial charge in [0.2, 0.25) is 0 Å². The Kier molecular flexibility index (Phi) is 4.44. The maximum absolute atomic E-state index is 12.8. The Labute approximate surface area is 155 Å². The molecule has 0 aliphatic heterocycles. The van der Waals surface area contributed by atoms with Crippen molar-refractivity contribution >= 4 is 23.0 Å². The third-order valence-corrected chi connectivity index (χ3v) is 6.02. The van der Waals surface area contributed by atoms with Crippen LogP contribution in [-0.2, 0) is 12.8 Å². The topological polar surface area (TPSA) is 85.1 Å². The first kappa shape index (κ1) is 17.1. The molecule has 26 heavy (non-hydrogen) atoms. The molecule has 0 saturated heterocycles. The van der Waals surface area contributed by atoms with Crippen molar-refractivity contribution in [2.75, 3.05) is 0 Å². The second-order valence-corrected chi connectivity index (χ2v) is 8.13. The summed E-state index contributed by atoms with van der Waals surface area (Å²) in [6.45, 7) is 6.09. The number of amides is 1. The van der Waals surface area contributed by atoms with Crippen LogP contribution in [0, 0.1) is 0 Å². The molecule has 1 N–H and O–H groups in total. The van der Waals surface area contributed by atoms with Gasteiger partial charge in [0, 0.05) is 4.88 Å². The van der Waals surface area contributed by atoms with Gasteiger partial charge in [-0.25, -0.2) is 14.5 Å². The number of carbonyl (C=O) groups is 1. The van der Waals surface area contributed by atoms with Crippen LogP contribution in [0.25, 0.3) is 5.78 Å². The number of hydrogen-bond donors (Lipinski definition) is 1. The monoisotopic (exact) mass is 370 g/mol. The first-order valence-corrected chi connectivity index (χ1v) is 9.84. The summed E-state index contributed by atoms with van der Waals surface area (Å²) in [6, 6.07) is 1.65. The molecule has 0 saturated carbocycles. The van der Waals surface area contributed by atoms with Gasteiger partial charge in [-0.2, -0.15) is 10.1 Å². The lowest BCUT2D eigenvalue weighted by molar-refractivity contribution is 0.0934. The van der Waals surface area contributed by atoms with Crippen molar-refractivity contribution in [3.63, 3.8) is 0 Å². The fraction of sp³-hybridized carbons (Fsp3) is 0.500. The highest BCUT2D eigenvalue weighted by Gasteiger charge is 2.21. The van der Waals surface area contributed by atoms with Crippen LogP contribution in [0.1, 0.15) is 77.3 Å². The summed E-state index contributed by atoms with van der Waals surface area (Å²) in [5.41, 5.74) is 2.49. The van der Waals surface area contributed by atoms with Crippen molar-refractivity contribution in [2.24, 2.45) is 0 Å². The summed E-state index contributed by atoms with van der Waals surface area (Å²) in [4.78, 5) is 27.4. The Morgan fingerprint density at radius 2 is 2.04 bits per heavy atom. The summed E-state index contributed by atoms with van der Waals surface area (Å²) in [5, 5.41) is 8.19. The van der Waals surface area contributed by atoms with E-state index in [1.54, 1.807) is 21.9 Å². The highest BCUT2D eigenvalue weighted by Crippen LogP contribution is 2.29. The minimum atomic E-state index is -0.210. The average Bonchev–Trinajstić information content (AvgIpc) is 3.26. The van der Waals surface area contributed by atoms with Crippen LogP contribution in [0.3, 0.4) is 0 Å². The zero-order valence-electron chi connectivity index (χ0n) is 15.2. The number of aromatic nitrogens is 5. The third kappa shape index (κ3) is 3.09. The number of aryl methyl sites for hydroxylation is 2. The Hall–Kier alpha value is -2.35. The van der Waals surface area contributed by atoms with E-state index in [-0.39, 0.29) is 17.9 Å². The van der Waals surface area contributed by atoms with E-state index in [2.05, 4.69) is 34.2 Å². The van der Waals surface area contributed by atoms with Gasteiger partial charge in [0.05, 0.1) is 17.4 Å². The van der Waals surface area contributed by atoms with Crippen molar-refractivity contribution in [1.82, 2.24) is 29.9 Å². The van der Waals surface area contributed by atoms with E-state index in [9.17, 15) is 4.79 Å². The lowest BCUT2D eigenvalue weighted by Gasteiger charge is -2.13. The Balaban J connectivity index is 1.57. The van der Waals surface area contributed by atoms with Crippen molar-refractivity contribution < 1.29 is 4.79 Å². The van der Waals surface area contributed by atoms with Gasteiger partial charge in [0.15, 0.2) is 0 Å². The van der Waals surface area contributed by atoms with Crippen LogP contribution in [0.2, 0.25) is 0 Å². The van der Waals surface area contributed by atoms with Gasteiger partial charge in [-0.05, 0) is 44.6 Å². The highest BCUT2D eigenvalue weighted by atomic mass is 32.1. The molecule has 136 valence electrons. The van der Waals surface area contributed by atoms with Gasteiger partial charge < -0.3 is 5.32 Å². The van der Waals surface area contributed by atoms with E-state index < -0.39 is 0 Å². The standard InChI is InChI=1S/C18H22N6OS/c1-10(2)14-8-13(23-18-19-9-20-24(14)18)16(25)21-11(3)17-22-12-6-4-5-7-15(12)26-17/h8-11H,4-7H2,1-3H3,(H,21,25). The minimum Gasteiger partial charge on any atom is -0.342 e. The number of carbonyl (C=O) groups excluding carboxylic acids is 1. The van der Waals surface area contributed by atoms with E-state index in [4.69, 9.17) is 4.98 Å². The number of fused-ring (bicyclic) bond motifs is 2. The van der Waals surface area contributed by atoms with Crippen LogP contribution < -0.4 is 5.32 Å². The molecule has 1 aliphatic carbocycles. The number of thiazole rings is 1. The Morgan fingerprint density at radius 1 is 1.23 bits per heavy atom. The average molecular weight is 370 g/mol. The molecule has 1 unspecified atom stereocenters. The Bertz CT molecular complexity index is 936. The normalized spacial score (nSPS) is 15.2. The lowest BCUT2D eigenvalue weighted by Crippen LogP contribution is -2.28. The third-order valence-electron chi connectivity index (χ3n) is 4.68. The maximum atomic E-state index is 12.8. The fourth-order valence-electron chi connectivity index (χ4n) is 3.25. The zero-order chi connectivity index (χ0) is 18.3. The van der Waals surface area contributed by atoms with E-state index in [1.807, 2.05) is 6.92 Å². The summed E-state index contributed by atoms with van der Waals surface area (Å²) >= 11 is 1.72. The molecule has 3 aromatic heterocycles. The first-order valence-electron chi connectivity index (χ1n) is 9.03. The number of rotatable bonds is 4. The van der Waals surface area contributed by atoms with E-state index >= 15 is 0 Å². The first-order chi connectivity index (χ1) is 12.5. The fourth-order valence-corrected chi connectivity index (χ4v) is 4.41. The lowest BCUT2D eigenvalue weighted by atomic mass is 10.0. The van der Waals surface area contributed by atoms with Crippen molar-refractivity contribution in [2.45, 2.75) is 58.4 Å². The summed E-state index contributed by atoms with van der Waals surface area (Å²) in [5.74, 6) is 0.439. The summed E-state index contributed by atoms with van der Waals surface area (Å²) in [7, 11) is 0. The molecule has 0 radical (unpaired) electrons. The van der Waals surface area contributed by atoms with Crippen LogP contribution in [-0.4, -0.2) is 30.5 Å². The molecule has 1 atom stereocenters. The van der Waals surface area contributed by atoms with Crippen molar-refractivity contribution in [3.05, 3.63) is 39.4 Å². The second-order valence-electron chi connectivity index (χ2n) is 7.02. The summed E-state index contributed by atoms with van der Waals surface area (Å²) in [6.07, 6.45) is 6.05. The van der Waals surface area contributed by atoms with Gasteiger partial charge in [-0.1, -0.05) is 13.8 Å². The van der Waals surface area contributed by atoms with Crippen molar-refractivity contribution in [1.29, 1.82) is 0 Å². The van der Waals surface area contributed by atoms with E-state index in [0.29, 0.717) is 11.5 Å². The van der Waals surface area contributed by atoms with Gasteiger partial charge in [0.1, 0.15) is 17.0 Å². The minimum absolute atomic E-state index is 0.142. The molecule has 0 spiro atoms. The molecule has 0 aromatic carbocycles. The molecule has 1 amide bonds. The molecule has 8 heteroatoms. The van der Waals surface area contributed by atoms with Gasteiger partial charge in [0.25, 0.3) is 11.7 Å². The van der Waals surface area contributed by atoms with Crippen LogP contribution >= 0.6 is 11.3 Å². The molecule has 4 rings (SSSR count). The van der Waals surface area contributed by atoms with Gasteiger partial charge in [-0.3, -0.25) is 4.79 Å². The SMILES string of the molecule is CC(C)c1cc(C(=O)NC(C)c2nc3c(s2)CCCC3)nc2ncnn12. The second kappa shape index (κ2) is 6.75. The molecule has 0 fully saturated rings. The largest absolute Gasteiger partial charge is 0.342 e. The van der Waals surface area contributed by atoms with E-state index in [0.717, 1.165) is 23.5 Å². The Morgan fingerprint density at radius 3 is 2.81 bits per heavy atom. The molecular formula is C18H22N6OS. The molecule has 3 aromatic rings. The number of nitrogens with one attached hydrogen (secondary N) is 1. The van der Waals surface area contributed by atoms with Crippen LogP contribution in [0.15, 0.2) is 12.4 Å². The highest BCUT2D eigenvalue weighted by molar-refractivity contribution is 7.11. The zero-order valence-corrected chi connectivity index (χ0v) is 16.0. The predicted octanol–water partition coefficient (Wildman–Crippen LogP) is 3.07. The van der Waals surface area contributed by atoms with Crippen LogP contribution in [0.4, 0.5) is 0 Å². The number of nitrogens with zero attached hydrogens (tertiary/aromatic N) is 5. The molecule has 0 bridgehead atoms. The van der Waals surface area contributed by atoms with E-state index in [1.165, 1.54) is 29.7 Å². The quantitative estimate of drug-likeness (QED) is 0.763. The predicted molar refractivity (Wildman–Crippen MR) is 99.5 cm³/mol.